The summed E-state index contributed by atoms with van der Waals surface area (Å²) in [5, 5.41) is 0. The number of anilines is 1. The first-order valence-corrected chi connectivity index (χ1v) is 8.07. The molecule has 0 saturated carbocycles. The van der Waals surface area contributed by atoms with Gasteiger partial charge in [-0.3, -0.25) is 4.90 Å². The number of pyridine rings is 1. The molecule has 23 heavy (non-hydrogen) atoms. The lowest BCUT2D eigenvalue weighted by Gasteiger charge is -2.43. The van der Waals surface area contributed by atoms with Gasteiger partial charge in [0.05, 0.1) is 18.8 Å². The maximum atomic E-state index is 12.6. The van der Waals surface area contributed by atoms with Crippen molar-refractivity contribution in [2.24, 2.45) is 0 Å². The van der Waals surface area contributed by atoms with Gasteiger partial charge < -0.3 is 9.64 Å². The minimum atomic E-state index is -4.33. The Hall–Kier alpha value is -1.34. The maximum Gasteiger partial charge on any atom is 0.417 e. The van der Waals surface area contributed by atoms with E-state index in [9.17, 15) is 13.2 Å². The third kappa shape index (κ3) is 3.77. The molecule has 1 aromatic heterocycles. The number of ether oxygens (including phenoxy) is 1. The van der Waals surface area contributed by atoms with Crippen molar-refractivity contribution in [1.82, 2.24) is 9.88 Å². The number of alkyl halides is 3. The highest BCUT2D eigenvalue weighted by molar-refractivity contribution is 5.40. The predicted molar refractivity (Wildman–Crippen MR) is 81.5 cm³/mol. The van der Waals surface area contributed by atoms with Crippen LogP contribution in [0.3, 0.4) is 0 Å². The van der Waals surface area contributed by atoms with Crippen molar-refractivity contribution in [2.75, 3.05) is 37.7 Å². The van der Waals surface area contributed by atoms with E-state index in [1.807, 2.05) is 0 Å². The van der Waals surface area contributed by atoms with Gasteiger partial charge in [-0.25, -0.2) is 4.98 Å². The van der Waals surface area contributed by atoms with Gasteiger partial charge in [0.25, 0.3) is 0 Å². The third-order valence-corrected chi connectivity index (χ3v) is 4.75. The minimum Gasteiger partial charge on any atom is -0.379 e. The lowest BCUT2D eigenvalue weighted by molar-refractivity contribution is -0.137. The van der Waals surface area contributed by atoms with E-state index in [4.69, 9.17) is 4.74 Å². The van der Waals surface area contributed by atoms with Crippen molar-refractivity contribution in [3.63, 3.8) is 0 Å². The number of hydrogen-bond acceptors (Lipinski definition) is 4. The summed E-state index contributed by atoms with van der Waals surface area (Å²) in [4.78, 5) is 8.57. The van der Waals surface area contributed by atoms with Crippen molar-refractivity contribution in [3.05, 3.63) is 23.9 Å². The fourth-order valence-electron chi connectivity index (χ4n) is 3.45. The third-order valence-electron chi connectivity index (χ3n) is 4.75. The van der Waals surface area contributed by atoms with Crippen molar-refractivity contribution in [3.8, 4) is 0 Å². The van der Waals surface area contributed by atoms with E-state index in [0.29, 0.717) is 17.9 Å². The molecule has 1 atom stereocenters. The Morgan fingerprint density at radius 2 is 1.91 bits per heavy atom. The quantitative estimate of drug-likeness (QED) is 0.834. The summed E-state index contributed by atoms with van der Waals surface area (Å²) < 4.78 is 43.2. The normalized spacial score (nSPS) is 24.9. The first kappa shape index (κ1) is 16.5. The Bertz CT molecular complexity index is 512. The highest BCUT2D eigenvalue weighted by atomic mass is 19.4. The van der Waals surface area contributed by atoms with Crippen LogP contribution >= 0.6 is 0 Å². The smallest absolute Gasteiger partial charge is 0.379 e. The van der Waals surface area contributed by atoms with E-state index < -0.39 is 11.7 Å². The Labute approximate surface area is 134 Å². The number of hydrogen-bond donors (Lipinski definition) is 0. The highest BCUT2D eigenvalue weighted by Gasteiger charge is 2.32. The highest BCUT2D eigenvalue weighted by Crippen LogP contribution is 2.30. The van der Waals surface area contributed by atoms with Crippen molar-refractivity contribution < 1.29 is 17.9 Å². The molecule has 0 radical (unpaired) electrons. The molecule has 0 bridgehead atoms. The van der Waals surface area contributed by atoms with Crippen LogP contribution in [-0.4, -0.2) is 54.8 Å². The van der Waals surface area contributed by atoms with Gasteiger partial charge in [-0.15, -0.1) is 0 Å². The first-order valence-electron chi connectivity index (χ1n) is 8.07. The molecule has 2 fully saturated rings. The standard InChI is InChI=1S/C16H22F3N3O/c1-12-11-23-9-8-22(12)14-4-6-21(7-5-14)15-3-2-13(10-20-15)16(17,18)19/h2-3,10,12,14H,4-9,11H2,1H3. The van der Waals surface area contributed by atoms with Crippen LogP contribution in [0.5, 0.6) is 0 Å². The summed E-state index contributed by atoms with van der Waals surface area (Å²) in [7, 11) is 0. The molecule has 7 heteroatoms. The Balaban J connectivity index is 1.58. The predicted octanol–water partition coefficient (Wildman–Crippen LogP) is 2.79. The van der Waals surface area contributed by atoms with Crippen LogP contribution in [0.15, 0.2) is 18.3 Å². The van der Waals surface area contributed by atoms with E-state index in [1.54, 1.807) is 0 Å². The fourth-order valence-corrected chi connectivity index (χ4v) is 3.45. The minimum absolute atomic E-state index is 0.435. The van der Waals surface area contributed by atoms with Gasteiger partial charge in [-0.1, -0.05) is 0 Å². The summed E-state index contributed by atoms with van der Waals surface area (Å²) in [6.45, 7) is 6.36. The SMILES string of the molecule is CC1COCCN1C1CCN(c2ccc(C(F)(F)F)cn2)CC1. The van der Waals surface area contributed by atoms with Crippen LogP contribution in [0.2, 0.25) is 0 Å². The molecule has 3 rings (SSSR count). The lowest BCUT2D eigenvalue weighted by atomic mass is 10.0. The van der Waals surface area contributed by atoms with Gasteiger partial charge in [-0.05, 0) is 31.9 Å². The molecule has 3 heterocycles. The van der Waals surface area contributed by atoms with Crippen LogP contribution in [0.25, 0.3) is 0 Å². The number of morpholine rings is 1. The molecule has 0 amide bonds. The zero-order valence-corrected chi connectivity index (χ0v) is 13.2. The largest absolute Gasteiger partial charge is 0.417 e. The summed E-state index contributed by atoms with van der Waals surface area (Å²) in [6, 6.07) is 3.54. The Morgan fingerprint density at radius 3 is 2.48 bits per heavy atom. The van der Waals surface area contributed by atoms with Crippen molar-refractivity contribution in [1.29, 1.82) is 0 Å². The molecule has 2 aliphatic rings. The summed E-state index contributed by atoms with van der Waals surface area (Å²) >= 11 is 0. The van der Waals surface area contributed by atoms with E-state index in [1.165, 1.54) is 6.07 Å². The Kier molecular flexibility index (Phi) is 4.77. The number of rotatable bonds is 2. The summed E-state index contributed by atoms with van der Waals surface area (Å²) in [6.07, 6.45) is -1.39. The Morgan fingerprint density at radius 1 is 1.17 bits per heavy atom. The van der Waals surface area contributed by atoms with Gasteiger partial charge in [0, 0.05) is 37.9 Å². The van der Waals surface area contributed by atoms with Gasteiger partial charge in [0.2, 0.25) is 0 Å². The number of halogens is 3. The van der Waals surface area contributed by atoms with Crippen LogP contribution in [-0.2, 0) is 10.9 Å². The molecule has 1 aromatic rings. The summed E-state index contributed by atoms with van der Waals surface area (Å²) in [5.74, 6) is 0.631. The van der Waals surface area contributed by atoms with E-state index >= 15 is 0 Å². The number of nitrogens with zero attached hydrogens (tertiary/aromatic N) is 3. The van der Waals surface area contributed by atoms with Crippen molar-refractivity contribution in [2.45, 2.75) is 38.0 Å². The maximum absolute atomic E-state index is 12.6. The molecule has 2 saturated heterocycles. The number of piperidine rings is 1. The second-order valence-electron chi connectivity index (χ2n) is 6.28. The molecular formula is C16H22F3N3O. The van der Waals surface area contributed by atoms with Crippen LogP contribution in [0, 0.1) is 0 Å². The average Bonchev–Trinajstić information content (AvgIpc) is 2.55. The van der Waals surface area contributed by atoms with Gasteiger partial charge in [-0.2, -0.15) is 13.2 Å². The second-order valence-corrected chi connectivity index (χ2v) is 6.28. The van der Waals surface area contributed by atoms with Gasteiger partial charge in [0.15, 0.2) is 0 Å². The van der Waals surface area contributed by atoms with E-state index in [0.717, 1.165) is 58.0 Å². The zero-order chi connectivity index (χ0) is 16.4. The fraction of sp³-hybridized carbons (Fsp3) is 0.688. The molecule has 1 unspecified atom stereocenters. The molecule has 2 aliphatic heterocycles. The van der Waals surface area contributed by atoms with Crippen LogP contribution in [0.4, 0.5) is 19.0 Å². The average molecular weight is 329 g/mol. The number of aromatic nitrogens is 1. The zero-order valence-electron chi connectivity index (χ0n) is 13.2. The molecule has 128 valence electrons. The molecule has 0 aliphatic carbocycles. The first-order chi connectivity index (χ1) is 10.9. The van der Waals surface area contributed by atoms with Crippen LogP contribution in [0.1, 0.15) is 25.3 Å². The van der Waals surface area contributed by atoms with Crippen LogP contribution < -0.4 is 4.90 Å². The van der Waals surface area contributed by atoms with E-state index in [-0.39, 0.29) is 0 Å². The summed E-state index contributed by atoms with van der Waals surface area (Å²) in [5.41, 5.74) is -0.696. The molecule has 0 N–H and O–H groups in total. The van der Waals surface area contributed by atoms with Gasteiger partial charge >= 0.3 is 6.18 Å². The molecule has 0 aromatic carbocycles. The molecular weight excluding hydrogens is 307 g/mol. The molecule has 4 nitrogen and oxygen atoms in total. The molecule has 0 spiro atoms. The second kappa shape index (κ2) is 6.65. The monoisotopic (exact) mass is 329 g/mol. The van der Waals surface area contributed by atoms with E-state index in [2.05, 4.69) is 21.7 Å². The van der Waals surface area contributed by atoms with Gasteiger partial charge in [0.1, 0.15) is 5.82 Å². The lowest BCUT2D eigenvalue weighted by Crippen LogP contribution is -2.53. The van der Waals surface area contributed by atoms with Crippen molar-refractivity contribution >= 4 is 5.82 Å². The topological polar surface area (TPSA) is 28.6 Å².